The van der Waals surface area contributed by atoms with Crippen LogP contribution in [0.5, 0.6) is 0 Å². The molecule has 0 unspecified atom stereocenters. The molecule has 2 bridgehead atoms. The maximum Gasteiger partial charge on any atom is 0.221 e. The molecule has 2 saturated carbocycles. The highest BCUT2D eigenvalue weighted by molar-refractivity contribution is 5.78. The number of carbonyl (C=O) groups is 1. The minimum Gasteiger partial charge on any atom is -0.353 e. The first-order valence-electron chi connectivity index (χ1n) is 9.19. The quantitative estimate of drug-likeness (QED) is 0.863. The molecule has 4 rings (SSSR count). The van der Waals surface area contributed by atoms with Gasteiger partial charge in [0.1, 0.15) is 0 Å². The van der Waals surface area contributed by atoms with Crippen LogP contribution in [-0.2, 0) is 4.79 Å². The fourth-order valence-corrected chi connectivity index (χ4v) is 4.67. The summed E-state index contributed by atoms with van der Waals surface area (Å²) in [7, 11) is 0. The van der Waals surface area contributed by atoms with Gasteiger partial charge in [0, 0.05) is 18.4 Å². The SMILES string of the molecule is O=C(CC(c1ccccc1)c1ccccc1)N[C@@H]1C[C@H]2CC[C@H]1C2. The first-order chi connectivity index (χ1) is 11.8. The smallest absolute Gasteiger partial charge is 0.221 e. The maximum absolute atomic E-state index is 12.7. The van der Waals surface area contributed by atoms with Crippen molar-refractivity contribution in [2.75, 3.05) is 0 Å². The highest BCUT2D eigenvalue weighted by Crippen LogP contribution is 2.44. The molecular weight excluding hydrogens is 294 g/mol. The van der Waals surface area contributed by atoms with Gasteiger partial charge in [-0.1, -0.05) is 67.1 Å². The van der Waals surface area contributed by atoms with E-state index in [1.165, 1.54) is 36.8 Å². The van der Waals surface area contributed by atoms with Gasteiger partial charge in [0.25, 0.3) is 0 Å². The van der Waals surface area contributed by atoms with Gasteiger partial charge in [-0.15, -0.1) is 0 Å². The molecule has 3 atom stereocenters. The van der Waals surface area contributed by atoms with E-state index in [-0.39, 0.29) is 11.8 Å². The van der Waals surface area contributed by atoms with Crippen molar-refractivity contribution in [3.8, 4) is 0 Å². The molecule has 0 aliphatic heterocycles. The Morgan fingerprint density at radius 1 is 0.917 bits per heavy atom. The van der Waals surface area contributed by atoms with Crippen LogP contribution in [0, 0.1) is 11.8 Å². The molecule has 2 fully saturated rings. The molecule has 0 heterocycles. The van der Waals surface area contributed by atoms with E-state index in [1.54, 1.807) is 0 Å². The monoisotopic (exact) mass is 319 g/mol. The minimum absolute atomic E-state index is 0.131. The number of hydrogen-bond acceptors (Lipinski definition) is 1. The van der Waals surface area contributed by atoms with Crippen molar-refractivity contribution in [1.82, 2.24) is 5.32 Å². The van der Waals surface area contributed by atoms with E-state index < -0.39 is 0 Å². The molecule has 0 saturated heterocycles. The molecule has 0 spiro atoms. The Kier molecular flexibility index (Phi) is 4.38. The molecule has 2 aliphatic carbocycles. The number of benzene rings is 2. The van der Waals surface area contributed by atoms with E-state index in [2.05, 4.69) is 53.8 Å². The van der Waals surface area contributed by atoms with Gasteiger partial charge in [0.05, 0.1) is 0 Å². The van der Waals surface area contributed by atoms with Crippen molar-refractivity contribution in [3.63, 3.8) is 0 Å². The first-order valence-corrected chi connectivity index (χ1v) is 9.19. The number of fused-ring (bicyclic) bond motifs is 2. The molecule has 2 aliphatic rings. The summed E-state index contributed by atoms with van der Waals surface area (Å²) in [4.78, 5) is 12.7. The van der Waals surface area contributed by atoms with Crippen LogP contribution in [0.4, 0.5) is 0 Å². The molecule has 2 nitrogen and oxygen atoms in total. The summed E-state index contributed by atoms with van der Waals surface area (Å²) in [5.41, 5.74) is 2.43. The summed E-state index contributed by atoms with van der Waals surface area (Å²) >= 11 is 0. The summed E-state index contributed by atoms with van der Waals surface area (Å²) in [6.07, 6.45) is 5.72. The zero-order chi connectivity index (χ0) is 16.4. The second-order valence-electron chi connectivity index (χ2n) is 7.43. The fraction of sp³-hybridized carbons (Fsp3) is 0.409. The zero-order valence-electron chi connectivity index (χ0n) is 14.0. The fourth-order valence-electron chi connectivity index (χ4n) is 4.67. The standard InChI is InChI=1S/C22H25NO/c24-22(23-21-14-16-11-12-19(21)13-16)15-20(17-7-3-1-4-8-17)18-9-5-2-6-10-18/h1-10,16,19-21H,11-15H2,(H,23,24)/t16-,19-,21+/m0/s1. The molecule has 1 N–H and O–H groups in total. The number of rotatable bonds is 5. The minimum atomic E-state index is 0.131. The molecule has 2 aromatic rings. The number of hydrogen-bond donors (Lipinski definition) is 1. The Labute approximate surface area is 144 Å². The van der Waals surface area contributed by atoms with Crippen LogP contribution >= 0.6 is 0 Å². The predicted octanol–water partition coefficient (Wildman–Crippen LogP) is 4.51. The van der Waals surface area contributed by atoms with Crippen LogP contribution in [0.3, 0.4) is 0 Å². The lowest BCUT2D eigenvalue weighted by Gasteiger charge is -2.24. The van der Waals surface area contributed by atoms with Gasteiger partial charge in [-0.2, -0.15) is 0 Å². The van der Waals surface area contributed by atoms with E-state index in [4.69, 9.17) is 0 Å². The molecule has 0 aromatic heterocycles. The highest BCUT2D eigenvalue weighted by Gasteiger charge is 2.40. The third-order valence-corrected chi connectivity index (χ3v) is 5.88. The Balaban J connectivity index is 1.48. The lowest BCUT2D eigenvalue weighted by atomic mass is 9.88. The van der Waals surface area contributed by atoms with Crippen molar-refractivity contribution in [3.05, 3.63) is 71.8 Å². The maximum atomic E-state index is 12.7. The third-order valence-electron chi connectivity index (χ3n) is 5.88. The van der Waals surface area contributed by atoms with Gasteiger partial charge in [0.2, 0.25) is 5.91 Å². The summed E-state index contributed by atoms with van der Waals surface area (Å²) < 4.78 is 0. The number of amides is 1. The average molecular weight is 319 g/mol. The first kappa shape index (κ1) is 15.4. The van der Waals surface area contributed by atoms with Gasteiger partial charge >= 0.3 is 0 Å². The molecule has 1 amide bonds. The zero-order valence-corrected chi connectivity index (χ0v) is 14.0. The molecule has 2 aromatic carbocycles. The summed E-state index contributed by atoms with van der Waals surface area (Å²) in [6, 6.07) is 21.2. The van der Waals surface area contributed by atoms with Gasteiger partial charge in [-0.25, -0.2) is 0 Å². The highest BCUT2D eigenvalue weighted by atomic mass is 16.1. The molecular formula is C22H25NO. The summed E-state index contributed by atoms with van der Waals surface area (Å²) in [5.74, 6) is 1.92. The van der Waals surface area contributed by atoms with E-state index >= 15 is 0 Å². The Hall–Kier alpha value is -2.09. The van der Waals surface area contributed by atoms with Crippen LogP contribution in [0.25, 0.3) is 0 Å². The lowest BCUT2D eigenvalue weighted by Crippen LogP contribution is -2.39. The van der Waals surface area contributed by atoms with Crippen molar-refractivity contribution < 1.29 is 4.79 Å². The van der Waals surface area contributed by atoms with E-state index in [0.29, 0.717) is 12.5 Å². The Morgan fingerprint density at radius 2 is 1.54 bits per heavy atom. The predicted molar refractivity (Wildman–Crippen MR) is 96.7 cm³/mol. The molecule has 124 valence electrons. The normalized spacial score (nSPS) is 25.1. The molecule has 0 radical (unpaired) electrons. The Bertz CT molecular complexity index is 642. The average Bonchev–Trinajstić information content (AvgIpc) is 3.24. The van der Waals surface area contributed by atoms with Crippen LogP contribution < -0.4 is 5.32 Å². The second-order valence-corrected chi connectivity index (χ2v) is 7.43. The Morgan fingerprint density at radius 3 is 2.04 bits per heavy atom. The largest absolute Gasteiger partial charge is 0.353 e. The van der Waals surface area contributed by atoms with E-state index in [1.807, 2.05) is 12.1 Å². The molecule has 24 heavy (non-hydrogen) atoms. The number of nitrogens with one attached hydrogen (secondary N) is 1. The summed E-state index contributed by atoms with van der Waals surface area (Å²) in [5, 5.41) is 3.34. The third kappa shape index (κ3) is 3.24. The van der Waals surface area contributed by atoms with Gasteiger partial charge in [0.15, 0.2) is 0 Å². The number of carbonyl (C=O) groups excluding carboxylic acids is 1. The van der Waals surface area contributed by atoms with Gasteiger partial charge < -0.3 is 5.32 Å². The molecule has 2 heteroatoms. The van der Waals surface area contributed by atoms with Crippen molar-refractivity contribution in [2.24, 2.45) is 11.8 Å². The van der Waals surface area contributed by atoms with Crippen LogP contribution in [0.1, 0.15) is 49.1 Å². The van der Waals surface area contributed by atoms with Crippen molar-refractivity contribution in [2.45, 2.75) is 44.1 Å². The topological polar surface area (TPSA) is 29.1 Å². The second kappa shape index (κ2) is 6.80. The van der Waals surface area contributed by atoms with Crippen molar-refractivity contribution in [1.29, 1.82) is 0 Å². The lowest BCUT2D eigenvalue weighted by molar-refractivity contribution is -0.122. The van der Waals surface area contributed by atoms with Crippen LogP contribution in [0.2, 0.25) is 0 Å². The van der Waals surface area contributed by atoms with Crippen LogP contribution in [0.15, 0.2) is 60.7 Å². The van der Waals surface area contributed by atoms with Crippen molar-refractivity contribution >= 4 is 5.91 Å². The van der Waals surface area contributed by atoms with Gasteiger partial charge in [-0.05, 0) is 42.2 Å². The van der Waals surface area contributed by atoms with Crippen LogP contribution in [-0.4, -0.2) is 11.9 Å². The van der Waals surface area contributed by atoms with E-state index in [0.717, 1.165) is 11.8 Å². The van der Waals surface area contributed by atoms with E-state index in [9.17, 15) is 4.79 Å². The summed E-state index contributed by atoms with van der Waals surface area (Å²) in [6.45, 7) is 0. The van der Waals surface area contributed by atoms with Gasteiger partial charge in [-0.3, -0.25) is 4.79 Å².